The van der Waals surface area contributed by atoms with E-state index in [-0.39, 0.29) is 17.2 Å². The van der Waals surface area contributed by atoms with Crippen LogP contribution < -0.4 is 5.32 Å². The highest BCUT2D eigenvalue weighted by Crippen LogP contribution is 2.40. The van der Waals surface area contributed by atoms with Crippen LogP contribution in [0.2, 0.25) is 5.28 Å². The van der Waals surface area contributed by atoms with E-state index in [9.17, 15) is 10.2 Å². The van der Waals surface area contributed by atoms with Crippen molar-refractivity contribution >= 4 is 28.6 Å². The molecule has 0 unspecified atom stereocenters. The molecule has 9 nitrogen and oxygen atoms in total. The van der Waals surface area contributed by atoms with Gasteiger partial charge in [0.05, 0.1) is 24.6 Å². The van der Waals surface area contributed by atoms with Crippen LogP contribution in [0.4, 0.5) is 5.82 Å². The van der Waals surface area contributed by atoms with Crippen LogP contribution >= 0.6 is 11.6 Å². The summed E-state index contributed by atoms with van der Waals surface area (Å²) in [5.41, 5.74) is 4.48. The Kier molecular flexibility index (Phi) is 7.03. The summed E-state index contributed by atoms with van der Waals surface area (Å²) in [4.78, 5) is 13.5. The third kappa shape index (κ3) is 4.89. The van der Waals surface area contributed by atoms with Gasteiger partial charge in [-0.3, -0.25) is 4.68 Å². The highest BCUT2D eigenvalue weighted by Gasteiger charge is 2.44. The first-order valence-electron chi connectivity index (χ1n) is 13.2. The van der Waals surface area contributed by atoms with Crippen molar-refractivity contribution in [2.24, 2.45) is 0 Å². The molecule has 0 aliphatic heterocycles. The van der Waals surface area contributed by atoms with Crippen molar-refractivity contribution in [2.45, 2.75) is 50.0 Å². The average molecular weight is 544 g/mol. The number of nitrogens with zero attached hydrogens (tertiary/aromatic N) is 6. The number of imidazole rings is 1. The molecule has 1 fully saturated rings. The zero-order chi connectivity index (χ0) is 26.9. The number of aromatic nitrogens is 6. The van der Waals surface area contributed by atoms with Crippen LogP contribution in [0.1, 0.15) is 48.0 Å². The van der Waals surface area contributed by atoms with E-state index >= 15 is 0 Å². The number of hydrogen-bond acceptors (Lipinski definition) is 7. The first-order valence-corrected chi connectivity index (χ1v) is 13.5. The van der Waals surface area contributed by atoms with Gasteiger partial charge in [-0.15, -0.1) is 0 Å². The molecule has 200 valence electrons. The molecule has 0 spiro atoms. The zero-order valence-corrected chi connectivity index (χ0v) is 22.2. The molecule has 3 heterocycles. The summed E-state index contributed by atoms with van der Waals surface area (Å²) in [7, 11) is 0. The molecule has 4 atom stereocenters. The molecule has 1 saturated carbocycles. The maximum atomic E-state index is 11.0. The molecule has 2 aromatic carbocycles. The van der Waals surface area contributed by atoms with Crippen LogP contribution in [0.15, 0.2) is 79.4 Å². The van der Waals surface area contributed by atoms with Crippen molar-refractivity contribution in [1.29, 1.82) is 0 Å². The Morgan fingerprint density at radius 3 is 2.28 bits per heavy atom. The number of rotatable bonds is 8. The molecule has 5 aromatic rings. The molecular weight excluding hydrogens is 514 g/mol. The Morgan fingerprint density at radius 1 is 0.974 bits per heavy atom. The number of benzene rings is 2. The van der Waals surface area contributed by atoms with Crippen molar-refractivity contribution in [2.75, 3.05) is 11.9 Å². The molecule has 6 rings (SSSR count). The number of aliphatic hydroxyl groups is 2. The predicted octanol–water partition coefficient (Wildman–Crippen LogP) is 4.39. The summed E-state index contributed by atoms with van der Waals surface area (Å²) in [5.74, 6) is 0.595. The second-order valence-corrected chi connectivity index (χ2v) is 10.3. The van der Waals surface area contributed by atoms with E-state index < -0.39 is 18.2 Å². The summed E-state index contributed by atoms with van der Waals surface area (Å²) in [6.07, 6.45) is 4.66. The van der Waals surface area contributed by atoms with Crippen molar-refractivity contribution in [3.05, 3.63) is 101 Å². The minimum absolute atomic E-state index is 0.0759. The number of aliphatic hydroxyl groups excluding tert-OH is 2. The van der Waals surface area contributed by atoms with Crippen molar-refractivity contribution < 1.29 is 10.2 Å². The molecule has 0 bridgehead atoms. The zero-order valence-electron chi connectivity index (χ0n) is 21.5. The van der Waals surface area contributed by atoms with Crippen LogP contribution in [0.5, 0.6) is 0 Å². The van der Waals surface area contributed by atoms with Gasteiger partial charge in [0.2, 0.25) is 5.28 Å². The Morgan fingerprint density at radius 2 is 1.64 bits per heavy atom. The second-order valence-electron chi connectivity index (χ2n) is 9.95. The average Bonchev–Trinajstić information content (AvgIpc) is 3.68. The maximum absolute atomic E-state index is 11.0. The van der Waals surface area contributed by atoms with Crippen LogP contribution in [-0.2, 0) is 6.42 Å². The van der Waals surface area contributed by atoms with Gasteiger partial charge in [0, 0.05) is 18.7 Å². The van der Waals surface area contributed by atoms with E-state index in [0.717, 1.165) is 12.0 Å². The molecule has 0 radical (unpaired) electrons. The Bertz CT molecular complexity index is 1520. The van der Waals surface area contributed by atoms with E-state index in [1.54, 1.807) is 21.8 Å². The third-order valence-corrected chi connectivity index (χ3v) is 7.82. The number of nitrogens with one attached hydrogen (secondary N) is 1. The van der Waals surface area contributed by atoms with Gasteiger partial charge >= 0.3 is 0 Å². The van der Waals surface area contributed by atoms with Crippen LogP contribution in [0.3, 0.4) is 0 Å². The Labute approximate surface area is 231 Å². The number of fused-ring (bicyclic) bond motifs is 1. The van der Waals surface area contributed by atoms with E-state index in [2.05, 4.69) is 56.6 Å². The minimum atomic E-state index is -1.02. The monoisotopic (exact) mass is 543 g/mol. The predicted molar refractivity (Wildman–Crippen MR) is 150 cm³/mol. The molecule has 10 heteroatoms. The summed E-state index contributed by atoms with van der Waals surface area (Å²) < 4.78 is 3.53. The van der Waals surface area contributed by atoms with Gasteiger partial charge < -0.3 is 20.1 Å². The van der Waals surface area contributed by atoms with Crippen molar-refractivity contribution in [1.82, 2.24) is 29.3 Å². The first-order chi connectivity index (χ1) is 19.0. The molecule has 3 N–H and O–H groups in total. The Balaban J connectivity index is 1.30. The quantitative estimate of drug-likeness (QED) is 0.249. The third-order valence-electron chi connectivity index (χ3n) is 7.65. The summed E-state index contributed by atoms with van der Waals surface area (Å²) in [5, 5.41) is 29.9. The summed E-state index contributed by atoms with van der Waals surface area (Å²) >= 11 is 6.39. The maximum Gasteiger partial charge on any atom is 0.226 e. The van der Waals surface area contributed by atoms with Crippen molar-refractivity contribution in [3.63, 3.8) is 0 Å². The first kappa shape index (κ1) is 25.5. The largest absolute Gasteiger partial charge is 0.388 e. The SMILES string of the molecule is CCc1cnn([C@H]2C[C@@H](n3cnc4c(NCC(c5ccccc5)c5ccccc5)nc(Cl)nc43)[C@H](O)[C@@H]2O)c1. The molecule has 1 aliphatic carbocycles. The highest BCUT2D eigenvalue weighted by atomic mass is 35.5. The topological polar surface area (TPSA) is 114 Å². The van der Waals surface area contributed by atoms with Gasteiger partial charge in [-0.2, -0.15) is 15.1 Å². The molecule has 3 aromatic heterocycles. The van der Waals surface area contributed by atoms with E-state index in [0.29, 0.717) is 29.9 Å². The molecule has 39 heavy (non-hydrogen) atoms. The molecule has 0 amide bonds. The molecular formula is C29H30ClN7O2. The Hall–Kier alpha value is -3.79. The van der Waals surface area contributed by atoms with Gasteiger partial charge in [-0.1, -0.05) is 67.6 Å². The number of halogens is 1. The van der Waals surface area contributed by atoms with Crippen LogP contribution in [0.25, 0.3) is 11.2 Å². The smallest absolute Gasteiger partial charge is 0.226 e. The van der Waals surface area contributed by atoms with Gasteiger partial charge in [0.25, 0.3) is 0 Å². The molecule has 1 aliphatic rings. The lowest BCUT2D eigenvalue weighted by Crippen LogP contribution is -2.30. The summed E-state index contributed by atoms with van der Waals surface area (Å²) in [6.45, 7) is 2.62. The normalized spacial score (nSPS) is 21.2. The fraction of sp³-hybridized carbons (Fsp3) is 0.310. The molecule has 0 saturated heterocycles. The fourth-order valence-corrected chi connectivity index (χ4v) is 5.68. The summed E-state index contributed by atoms with van der Waals surface area (Å²) in [6, 6.07) is 19.8. The lowest BCUT2D eigenvalue weighted by Gasteiger charge is -2.20. The number of anilines is 1. The number of hydrogen-bond donors (Lipinski definition) is 3. The lowest BCUT2D eigenvalue weighted by atomic mass is 9.91. The number of aryl methyl sites for hydroxylation is 1. The van der Waals surface area contributed by atoms with E-state index in [4.69, 9.17) is 11.6 Å². The van der Waals surface area contributed by atoms with Gasteiger partial charge in [0.15, 0.2) is 17.0 Å². The van der Waals surface area contributed by atoms with E-state index in [1.807, 2.05) is 42.6 Å². The fourth-order valence-electron chi connectivity index (χ4n) is 5.52. The van der Waals surface area contributed by atoms with Crippen LogP contribution in [-0.4, -0.2) is 58.3 Å². The van der Waals surface area contributed by atoms with Gasteiger partial charge in [-0.05, 0) is 41.1 Å². The second kappa shape index (κ2) is 10.8. The standard InChI is InChI=1S/C29H30ClN7O2/c1-2-18-14-33-37(16-18)23-13-22(25(38)26(23)39)36-17-32-24-27(34-29(30)35-28(24)36)31-15-21(19-9-5-3-6-10-19)20-11-7-4-8-12-20/h3-12,14,16-17,21-23,25-26,38-39H,2,13,15H2,1H3,(H,31,34,35)/t22-,23+,25+,26-/m1/s1. The van der Waals surface area contributed by atoms with Gasteiger partial charge in [-0.25, -0.2) is 4.98 Å². The minimum Gasteiger partial charge on any atom is -0.388 e. The van der Waals surface area contributed by atoms with Crippen LogP contribution in [0, 0.1) is 0 Å². The lowest BCUT2D eigenvalue weighted by molar-refractivity contribution is 0.00721. The van der Waals surface area contributed by atoms with E-state index in [1.165, 1.54) is 11.1 Å². The van der Waals surface area contributed by atoms with Crippen molar-refractivity contribution in [3.8, 4) is 0 Å². The van der Waals surface area contributed by atoms with Gasteiger partial charge in [0.1, 0.15) is 12.2 Å². The highest BCUT2D eigenvalue weighted by molar-refractivity contribution is 6.28.